The molecule has 0 saturated carbocycles. The highest BCUT2D eigenvalue weighted by atomic mass is 19.1. The Hall–Kier alpha value is -2.70. The highest BCUT2D eigenvalue weighted by Crippen LogP contribution is 2.39. The molecule has 2 rings (SSSR count). The molecule has 22 heavy (non-hydrogen) atoms. The molecule has 1 aromatic carbocycles. The zero-order chi connectivity index (χ0) is 16.7. The molecule has 0 heterocycles. The van der Waals surface area contributed by atoms with E-state index in [-0.39, 0.29) is 23.3 Å². The molecule has 4 N–H and O–H groups in total. The van der Waals surface area contributed by atoms with E-state index < -0.39 is 34.6 Å². The molecular formula is C15H13F2NO4. The van der Waals surface area contributed by atoms with E-state index in [9.17, 15) is 23.5 Å². The molecule has 1 atom stereocenters. The van der Waals surface area contributed by atoms with Gasteiger partial charge >= 0.3 is 11.9 Å². The molecule has 1 unspecified atom stereocenters. The first-order valence-electron chi connectivity index (χ1n) is 6.29. The smallest absolute Gasteiger partial charge is 0.331 e. The minimum atomic E-state index is -1.57. The number of allylic oxidation sites excluding steroid dienone is 2. The maximum Gasteiger partial charge on any atom is 0.331 e. The third-order valence-electron chi connectivity index (χ3n) is 3.48. The molecule has 0 radical (unpaired) electrons. The van der Waals surface area contributed by atoms with Gasteiger partial charge < -0.3 is 15.9 Å². The van der Waals surface area contributed by atoms with Gasteiger partial charge in [-0.05, 0) is 37.1 Å². The highest BCUT2D eigenvalue weighted by molar-refractivity contribution is 5.96. The van der Waals surface area contributed by atoms with Crippen LogP contribution in [0.25, 0.3) is 5.57 Å². The number of halogens is 2. The second-order valence-electron chi connectivity index (χ2n) is 5.33. The molecule has 1 aliphatic carbocycles. The summed E-state index contributed by atoms with van der Waals surface area (Å²) < 4.78 is 28.0. The summed E-state index contributed by atoms with van der Waals surface area (Å²) in [5, 5.41) is 18.4. The number of carboxylic acid groups (broad SMARTS) is 2. The summed E-state index contributed by atoms with van der Waals surface area (Å²) in [6, 6.07) is 1.78. The Labute approximate surface area is 124 Å². The van der Waals surface area contributed by atoms with Crippen LogP contribution in [0.4, 0.5) is 14.5 Å². The average Bonchev–Trinajstić information content (AvgIpc) is 2.36. The summed E-state index contributed by atoms with van der Waals surface area (Å²) in [5.74, 6) is -4.60. The first kappa shape index (κ1) is 15.7. The van der Waals surface area contributed by atoms with Gasteiger partial charge in [0.2, 0.25) is 0 Å². The molecule has 0 fully saturated rings. The predicted molar refractivity (Wildman–Crippen MR) is 74.8 cm³/mol. The Kier molecular flexibility index (Phi) is 3.74. The number of nitrogens with two attached hydrogens (primary N) is 1. The zero-order valence-corrected chi connectivity index (χ0v) is 11.6. The van der Waals surface area contributed by atoms with Gasteiger partial charge in [0.15, 0.2) is 0 Å². The van der Waals surface area contributed by atoms with E-state index in [1.807, 2.05) is 0 Å². The summed E-state index contributed by atoms with van der Waals surface area (Å²) in [6.07, 6.45) is 1.95. The van der Waals surface area contributed by atoms with Gasteiger partial charge in [0.1, 0.15) is 11.6 Å². The Morgan fingerprint density at radius 2 is 1.77 bits per heavy atom. The zero-order valence-electron chi connectivity index (χ0n) is 11.6. The van der Waals surface area contributed by atoms with Crippen LogP contribution in [0.1, 0.15) is 18.9 Å². The van der Waals surface area contributed by atoms with E-state index in [4.69, 9.17) is 10.8 Å². The normalized spacial score (nSPS) is 21.0. The van der Waals surface area contributed by atoms with Crippen molar-refractivity contribution in [2.75, 3.05) is 5.73 Å². The second kappa shape index (κ2) is 5.25. The monoisotopic (exact) mass is 309 g/mol. The third-order valence-corrected chi connectivity index (χ3v) is 3.48. The van der Waals surface area contributed by atoms with Crippen LogP contribution in [0.2, 0.25) is 0 Å². The fourth-order valence-electron chi connectivity index (χ4n) is 2.36. The van der Waals surface area contributed by atoms with Gasteiger partial charge in [-0.25, -0.2) is 13.6 Å². The highest BCUT2D eigenvalue weighted by Gasteiger charge is 2.37. The lowest BCUT2D eigenvalue weighted by atomic mass is 9.76. The fourth-order valence-corrected chi connectivity index (χ4v) is 2.36. The minimum Gasteiger partial charge on any atom is -0.481 e. The molecule has 5 nitrogen and oxygen atoms in total. The van der Waals surface area contributed by atoms with Crippen LogP contribution in [0.15, 0.2) is 29.9 Å². The first-order valence-corrected chi connectivity index (χ1v) is 6.29. The van der Waals surface area contributed by atoms with Gasteiger partial charge in [-0.15, -0.1) is 0 Å². The van der Waals surface area contributed by atoms with Crippen molar-refractivity contribution in [1.29, 1.82) is 0 Å². The number of hydrogen-bond acceptors (Lipinski definition) is 3. The molecule has 0 spiro atoms. The Bertz CT molecular complexity index is 716. The van der Waals surface area contributed by atoms with Crippen molar-refractivity contribution >= 4 is 23.2 Å². The summed E-state index contributed by atoms with van der Waals surface area (Å²) in [6.45, 7) is 1.29. The van der Waals surface area contributed by atoms with Gasteiger partial charge in [-0.3, -0.25) is 4.79 Å². The number of carboxylic acids is 2. The second-order valence-corrected chi connectivity index (χ2v) is 5.33. The van der Waals surface area contributed by atoms with Crippen molar-refractivity contribution in [1.82, 2.24) is 0 Å². The average molecular weight is 309 g/mol. The van der Waals surface area contributed by atoms with Crippen molar-refractivity contribution < 1.29 is 28.6 Å². The summed E-state index contributed by atoms with van der Waals surface area (Å²) in [4.78, 5) is 22.5. The van der Waals surface area contributed by atoms with E-state index >= 15 is 0 Å². The van der Waals surface area contributed by atoms with Gasteiger partial charge in [-0.1, -0.05) is 6.08 Å². The quantitative estimate of drug-likeness (QED) is 0.745. The number of hydrogen-bond donors (Lipinski definition) is 3. The molecule has 0 aliphatic heterocycles. The fraction of sp³-hybridized carbons (Fsp3) is 0.200. The van der Waals surface area contributed by atoms with Crippen molar-refractivity contribution in [3.05, 3.63) is 47.1 Å². The summed E-state index contributed by atoms with van der Waals surface area (Å²) >= 11 is 0. The van der Waals surface area contributed by atoms with E-state index in [0.29, 0.717) is 0 Å². The number of aliphatic carboxylic acids is 2. The lowest BCUT2D eigenvalue weighted by Crippen LogP contribution is -2.29. The maximum absolute atomic E-state index is 14.0. The van der Waals surface area contributed by atoms with Crippen LogP contribution in [-0.2, 0) is 9.59 Å². The van der Waals surface area contributed by atoms with Crippen molar-refractivity contribution in [2.45, 2.75) is 13.3 Å². The molecular weight excluding hydrogens is 296 g/mol. The summed E-state index contributed by atoms with van der Waals surface area (Å²) in [7, 11) is 0. The molecule has 1 aliphatic rings. The van der Waals surface area contributed by atoms with E-state index in [2.05, 4.69) is 0 Å². The van der Waals surface area contributed by atoms with Gasteiger partial charge in [0.25, 0.3) is 0 Å². The van der Waals surface area contributed by atoms with Crippen LogP contribution < -0.4 is 5.73 Å². The molecule has 0 bridgehead atoms. The van der Waals surface area contributed by atoms with Crippen molar-refractivity contribution in [3.63, 3.8) is 0 Å². The predicted octanol–water partition coefficient (Wildman–Crippen LogP) is 2.44. The molecule has 0 saturated heterocycles. The van der Waals surface area contributed by atoms with Crippen LogP contribution >= 0.6 is 0 Å². The van der Waals surface area contributed by atoms with E-state index in [1.165, 1.54) is 6.92 Å². The number of nitrogen functional groups attached to an aromatic ring is 1. The van der Waals surface area contributed by atoms with Crippen LogP contribution in [0.3, 0.4) is 0 Å². The standard InChI is InChI=1S/C15H13F2NO4/c1-15(14(21)22)5-7(2-8(6-15)13(19)20)12-10(16)3-9(18)4-11(12)17/h2-5H,6,18H2,1H3,(H,19,20)(H,21,22). The lowest BCUT2D eigenvalue weighted by Gasteiger charge is -2.26. The number of rotatable bonds is 3. The van der Waals surface area contributed by atoms with Crippen LogP contribution in [0.5, 0.6) is 0 Å². The van der Waals surface area contributed by atoms with Gasteiger partial charge in [-0.2, -0.15) is 0 Å². The SMILES string of the molecule is CC1(C(=O)O)C=C(c2c(F)cc(N)cc2F)C=C(C(=O)O)C1. The maximum atomic E-state index is 14.0. The molecule has 0 aromatic heterocycles. The number of carbonyl (C=O) groups is 2. The third kappa shape index (κ3) is 2.69. The molecule has 116 valence electrons. The molecule has 1 aromatic rings. The van der Waals surface area contributed by atoms with Crippen LogP contribution in [0, 0.1) is 17.0 Å². The molecule has 7 heteroatoms. The van der Waals surface area contributed by atoms with Crippen LogP contribution in [-0.4, -0.2) is 22.2 Å². The van der Waals surface area contributed by atoms with Gasteiger partial charge in [0, 0.05) is 11.3 Å². The Morgan fingerprint density at radius 3 is 2.23 bits per heavy atom. The van der Waals surface area contributed by atoms with Crippen molar-refractivity contribution in [3.8, 4) is 0 Å². The van der Waals surface area contributed by atoms with E-state index in [0.717, 1.165) is 24.3 Å². The largest absolute Gasteiger partial charge is 0.481 e. The first-order chi connectivity index (χ1) is 10.1. The van der Waals surface area contributed by atoms with E-state index in [1.54, 1.807) is 0 Å². The minimum absolute atomic E-state index is 0.126. The van der Waals surface area contributed by atoms with Crippen molar-refractivity contribution in [2.24, 2.45) is 5.41 Å². The number of benzene rings is 1. The Morgan fingerprint density at radius 1 is 1.23 bits per heavy atom. The lowest BCUT2D eigenvalue weighted by molar-refractivity contribution is -0.145. The topological polar surface area (TPSA) is 101 Å². The Balaban J connectivity index is 2.68. The molecule has 0 amide bonds. The number of anilines is 1. The summed E-state index contributed by atoms with van der Waals surface area (Å²) in [5.41, 5.74) is 2.76. The van der Waals surface area contributed by atoms with Gasteiger partial charge in [0.05, 0.1) is 11.0 Å².